The molecule has 30 heavy (non-hydrogen) atoms. The number of hydrogen-bond donors (Lipinski definition) is 0. The average Bonchev–Trinajstić information content (AvgIpc) is 2.76. The lowest BCUT2D eigenvalue weighted by Crippen LogP contribution is -2.42. The highest BCUT2D eigenvalue weighted by Gasteiger charge is 2.36. The first-order chi connectivity index (χ1) is 14.6. The van der Waals surface area contributed by atoms with E-state index in [0.717, 1.165) is 103 Å². The van der Waals surface area contributed by atoms with Crippen LogP contribution in [0.4, 0.5) is 0 Å². The molecule has 0 atom stereocenters. The van der Waals surface area contributed by atoms with Crippen LogP contribution in [0.5, 0.6) is 0 Å². The quantitative estimate of drug-likeness (QED) is 0.118. The van der Waals surface area contributed by atoms with Gasteiger partial charge < -0.3 is 17.7 Å². The van der Waals surface area contributed by atoms with Crippen molar-refractivity contribution < 1.29 is 17.7 Å². The lowest BCUT2D eigenvalue weighted by molar-refractivity contribution is 0.169. The summed E-state index contributed by atoms with van der Waals surface area (Å²) >= 11 is 0. The molecule has 0 spiro atoms. The van der Waals surface area contributed by atoms with Crippen molar-refractivity contribution in [3.63, 3.8) is 0 Å². The third kappa shape index (κ3) is 13.2. The van der Waals surface area contributed by atoms with Crippen LogP contribution >= 0.6 is 0 Å². The van der Waals surface area contributed by atoms with Crippen molar-refractivity contribution in [2.75, 3.05) is 26.4 Å². The van der Waals surface area contributed by atoms with Gasteiger partial charge in [-0.05, 0) is 49.2 Å². The zero-order valence-corrected chi connectivity index (χ0v) is 22.5. The predicted molar refractivity (Wildman–Crippen MR) is 134 cm³/mol. The van der Waals surface area contributed by atoms with Gasteiger partial charge in [0, 0.05) is 26.4 Å². The van der Waals surface area contributed by atoms with Crippen molar-refractivity contribution in [3.05, 3.63) is 24.6 Å². The standard InChI is InChI=1S/C24H50O4Si2/c1-7-13-19-25-29(11-5,26-20-14-8-2)23-17-18-24-30(12-6,27-21-15-9-3)28-22-16-10-4/h11-12H,5-10,13-24H2,1-4H3. The zero-order chi connectivity index (χ0) is 22.6. The molecule has 0 unspecified atom stereocenters. The summed E-state index contributed by atoms with van der Waals surface area (Å²) in [5.41, 5.74) is 3.98. The summed E-state index contributed by atoms with van der Waals surface area (Å²) < 4.78 is 25.2. The van der Waals surface area contributed by atoms with Crippen molar-refractivity contribution in [2.24, 2.45) is 0 Å². The van der Waals surface area contributed by atoms with Crippen LogP contribution in [-0.4, -0.2) is 43.5 Å². The van der Waals surface area contributed by atoms with Gasteiger partial charge in [-0.3, -0.25) is 0 Å². The maximum Gasteiger partial charge on any atom is 0.364 e. The molecule has 0 aromatic carbocycles. The molecular weight excluding hydrogens is 408 g/mol. The monoisotopic (exact) mass is 458 g/mol. The van der Waals surface area contributed by atoms with Crippen molar-refractivity contribution in [3.8, 4) is 0 Å². The lowest BCUT2D eigenvalue weighted by Gasteiger charge is -2.30. The Morgan fingerprint density at radius 1 is 0.500 bits per heavy atom. The van der Waals surface area contributed by atoms with Gasteiger partial charge in [0.15, 0.2) is 0 Å². The second-order valence-corrected chi connectivity index (χ2v) is 14.3. The van der Waals surface area contributed by atoms with E-state index in [9.17, 15) is 0 Å². The second-order valence-electron chi connectivity index (χ2n) is 8.05. The molecule has 0 radical (unpaired) electrons. The number of rotatable bonds is 23. The minimum absolute atomic E-state index is 0.770. The Morgan fingerprint density at radius 2 is 0.767 bits per heavy atom. The summed E-state index contributed by atoms with van der Waals surface area (Å²) in [6, 6.07) is 1.91. The molecule has 0 aromatic heterocycles. The molecule has 0 heterocycles. The zero-order valence-electron chi connectivity index (χ0n) is 20.5. The first-order valence-corrected chi connectivity index (χ1v) is 16.6. The van der Waals surface area contributed by atoms with Gasteiger partial charge in [-0.15, -0.1) is 13.2 Å². The molecule has 0 saturated carbocycles. The third-order valence-corrected chi connectivity index (χ3v) is 11.4. The highest BCUT2D eigenvalue weighted by atomic mass is 28.4. The molecule has 0 amide bonds. The van der Waals surface area contributed by atoms with Crippen LogP contribution in [0.25, 0.3) is 0 Å². The molecule has 0 rings (SSSR count). The minimum atomic E-state index is -2.34. The fraction of sp³-hybridized carbons (Fsp3) is 0.833. The van der Waals surface area contributed by atoms with E-state index in [1.54, 1.807) is 0 Å². The molecule has 0 fully saturated rings. The van der Waals surface area contributed by atoms with Crippen LogP contribution in [0.1, 0.15) is 91.9 Å². The van der Waals surface area contributed by atoms with E-state index in [4.69, 9.17) is 17.7 Å². The third-order valence-electron chi connectivity index (χ3n) is 5.30. The van der Waals surface area contributed by atoms with Gasteiger partial charge in [0.25, 0.3) is 0 Å². The lowest BCUT2D eigenvalue weighted by atomic mass is 10.4. The summed E-state index contributed by atoms with van der Waals surface area (Å²) in [7, 11) is -4.68. The van der Waals surface area contributed by atoms with Crippen LogP contribution in [0.2, 0.25) is 12.1 Å². The smallest absolute Gasteiger partial charge is 0.364 e. The van der Waals surface area contributed by atoms with Crippen LogP contribution in [0.3, 0.4) is 0 Å². The van der Waals surface area contributed by atoms with E-state index in [1.165, 1.54) is 0 Å². The van der Waals surface area contributed by atoms with Gasteiger partial charge in [-0.25, -0.2) is 0 Å². The van der Waals surface area contributed by atoms with E-state index in [2.05, 4.69) is 40.9 Å². The van der Waals surface area contributed by atoms with E-state index >= 15 is 0 Å². The molecule has 0 aromatic rings. The molecule has 0 aliphatic carbocycles. The van der Waals surface area contributed by atoms with Gasteiger partial charge >= 0.3 is 17.1 Å². The average molecular weight is 459 g/mol. The van der Waals surface area contributed by atoms with Gasteiger partial charge in [0.1, 0.15) is 0 Å². The summed E-state index contributed by atoms with van der Waals surface area (Å²) in [4.78, 5) is 0. The van der Waals surface area contributed by atoms with Gasteiger partial charge in [-0.2, -0.15) is 0 Å². The Hall–Kier alpha value is -0.246. The summed E-state index contributed by atoms with van der Waals surface area (Å²) in [6.45, 7) is 20.0. The van der Waals surface area contributed by atoms with Gasteiger partial charge in [-0.1, -0.05) is 66.2 Å². The number of hydrogen-bond acceptors (Lipinski definition) is 4. The first-order valence-electron chi connectivity index (χ1n) is 12.4. The van der Waals surface area contributed by atoms with Crippen molar-refractivity contribution in [2.45, 2.75) is 104 Å². The van der Waals surface area contributed by atoms with Crippen LogP contribution in [0, 0.1) is 0 Å². The second kappa shape index (κ2) is 19.4. The van der Waals surface area contributed by atoms with Gasteiger partial charge in [0.05, 0.1) is 0 Å². The molecular formula is C24H50O4Si2. The molecule has 0 saturated heterocycles. The molecule has 0 aliphatic rings. The fourth-order valence-corrected chi connectivity index (χ4v) is 8.18. The highest BCUT2D eigenvalue weighted by Crippen LogP contribution is 2.25. The summed E-state index contributed by atoms with van der Waals surface area (Å²) in [5, 5.41) is 0. The van der Waals surface area contributed by atoms with Gasteiger partial charge in [0.2, 0.25) is 0 Å². The van der Waals surface area contributed by atoms with E-state index < -0.39 is 17.1 Å². The molecule has 0 aliphatic heterocycles. The first kappa shape index (κ1) is 29.8. The minimum Gasteiger partial charge on any atom is -0.391 e. The molecule has 6 heteroatoms. The Bertz CT molecular complexity index is 360. The Morgan fingerprint density at radius 3 is 0.967 bits per heavy atom. The molecule has 0 N–H and O–H groups in total. The van der Waals surface area contributed by atoms with Crippen molar-refractivity contribution >= 4 is 17.1 Å². The SMILES string of the molecule is C=C[Si](CCCC[Si](C=C)(OCCCC)OCCCC)(OCCCC)OCCCC. The van der Waals surface area contributed by atoms with E-state index in [-0.39, 0.29) is 0 Å². The van der Waals surface area contributed by atoms with Crippen molar-refractivity contribution in [1.82, 2.24) is 0 Å². The highest BCUT2D eigenvalue weighted by molar-refractivity contribution is 6.73. The maximum atomic E-state index is 6.31. The van der Waals surface area contributed by atoms with Crippen LogP contribution in [-0.2, 0) is 17.7 Å². The summed E-state index contributed by atoms with van der Waals surface area (Å²) in [5.74, 6) is 0. The predicted octanol–water partition coefficient (Wildman–Crippen LogP) is 7.37. The summed E-state index contributed by atoms with van der Waals surface area (Å²) in [6.07, 6.45) is 10.9. The molecule has 4 nitrogen and oxygen atoms in total. The number of unbranched alkanes of at least 4 members (excludes halogenated alkanes) is 5. The van der Waals surface area contributed by atoms with Crippen LogP contribution in [0.15, 0.2) is 24.6 Å². The maximum absolute atomic E-state index is 6.31. The fourth-order valence-electron chi connectivity index (χ4n) is 3.11. The molecule has 0 bridgehead atoms. The molecule has 178 valence electrons. The normalized spacial score (nSPS) is 12.3. The van der Waals surface area contributed by atoms with Crippen LogP contribution < -0.4 is 0 Å². The largest absolute Gasteiger partial charge is 0.391 e. The van der Waals surface area contributed by atoms with E-state index in [1.807, 2.05) is 11.4 Å². The van der Waals surface area contributed by atoms with E-state index in [0.29, 0.717) is 0 Å². The Balaban J connectivity index is 4.84. The Kier molecular flexibility index (Phi) is 19.3. The van der Waals surface area contributed by atoms with Crippen molar-refractivity contribution in [1.29, 1.82) is 0 Å². The topological polar surface area (TPSA) is 36.9 Å². The Labute approximate surface area is 189 Å².